The first kappa shape index (κ1) is 15.6. The molecule has 2 N–H and O–H groups in total. The molecule has 0 unspecified atom stereocenters. The Labute approximate surface area is 143 Å². The molecule has 0 aliphatic rings. The highest BCUT2D eigenvalue weighted by atomic mass is 79.9. The van der Waals surface area contributed by atoms with Crippen molar-refractivity contribution in [3.63, 3.8) is 0 Å². The number of thiophene rings is 1. The Morgan fingerprint density at radius 3 is 2.78 bits per heavy atom. The van der Waals surface area contributed by atoms with Crippen LogP contribution in [0.2, 0.25) is 0 Å². The fourth-order valence-electron chi connectivity index (χ4n) is 1.82. The summed E-state index contributed by atoms with van der Waals surface area (Å²) in [5.41, 5.74) is 3.97. The van der Waals surface area contributed by atoms with E-state index in [0.29, 0.717) is 11.3 Å². The molecule has 0 saturated heterocycles. The van der Waals surface area contributed by atoms with E-state index >= 15 is 0 Å². The van der Waals surface area contributed by atoms with Crippen LogP contribution in [-0.4, -0.2) is 22.3 Å². The second-order valence-corrected chi connectivity index (χ2v) is 7.01. The monoisotopic (exact) mass is 392 g/mol. The fourth-order valence-corrected chi connectivity index (χ4v) is 3.11. The van der Waals surface area contributed by atoms with E-state index in [9.17, 15) is 9.18 Å². The van der Waals surface area contributed by atoms with Gasteiger partial charge >= 0.3 is 0 Å². The molecule has 0 aliphatic carbocycles. The van der Waals surface area contributed by atoms with Crippen LogP contribution in [0.25, 0.3) is 11.3 Å². The number of aromatic amines is 1. The quantitative estimate of drug-likeness (QED) is 0.523. The number of nitrogens with zero attached hydrogens (tertiary/aromatic N) is 2. The molecule has 2 heterocycles. The minimum atomic E-state index is -0.405. The maximum Gasteiger partial charge on any atom is 0.289 e. The van der Waals surface area contributed by atoms with Gasteiger partial charge in [0, 0.05) is 10.4 Å². The van der Waals surface area contributed by atoms with Gasteiger partial charge in [0.05, 0.1) is 15.7 Å². The highest BCUT2D eigenvalue weighted by Crippen LogP contribution is 2.20. The molecule has 8 heteroatoms. The number of amides is 1. The van der Waals surface area contributed by atoms with Crippen LogP contribution in [0.15, 0.2) is 51.4 Å². The summed E-state index contributed by atoms with van der Waals surface area (Å²) in [4.78, 5) is 12.9. The fraction of sp³-hybridized carbons (Fsp3) is 0. The molecule has 0 atom stereocenters. The molecule has 5 nitrogen and oxygen atoms in total. The maximum absolute atomic E-state index is 12.9. The average Bonchev–Trinajstić information content (AvgIpc) is 3.17. The minimum Gasteiger partial charge on any atom is -0.272 e. The number of H-pyrrole nitrogens is 1. The highest BCUT2D eigenvalue weighted by Gasteiger charge is 2.10. The molecule has 0 spiro atoms. The SMILES string of the molecule is O=C(NN=Cc1ccc(Br)s1)c1cc(-c2ccc(F)cc2)n[nH]1. The van der Waals surface area contributed by atoms with E-state index in [4.69, 9.17) is 0 Å². The van der Waals surface area contributed by atoms with Crippen LogP contribution >= 0.6 is 27.3 Å². The number of hydrogen-bond donors (Lipinski definition) is 2. The molecule has 23 heavy (non-hydrogen) atoms. The van der Waals surface area contributed by atoms with Crippen molar-refractivity contribution in [2.75, 3.05) is 0 Å². The van der Waals surface area contributed by atoms with E-state index in [1.54, 1.807) is 24.4 Å². The number of halogens is 2. The van der Waals surface area contributed by atoms with Gasteiger partial charge in [0.25, 0.3) is 5.91 Å². The Balaban J connectivity index is 1.66. The van der Waals surface area contributed by atoms with Crippen molar-refractivity contribution >= 4 is 39.4 Å². The van der Waals surface area contributed by atoms with Gasteiger partial charge in [-0.3, -0.25) is 9.89 Å². The zero-order chi connectivity index (χ0) is 16.2. The summed E-state index contributed by atoms with van der Waals surface area (Å²) in [6.07, 6.45) is 1.56. The van der Waals surface area contributed by atoms with Crippen molar-refractivity contribution in [3.8, 4) is 11.3 Å². The molecule has 3 rings (SSSR count). The number of carbonyl (C=O) groups excluding carboxylic acids is 1. The number of hydrogen-bond acceptors (Lipinski definition) is 4. The van der Waals surface area contributed by atoms with Crippen LogP contribution in [0.4, 0.5) is 4.39 Å². The van der Waals surface area contributed by atoms with Crippen molar-refractivity contribution in [2.24, 2.45) is 5.10 Å². The summed E-state index contributed by atoms with van der Waals surface area (Å²) in [6.45, 7) is 0. The second-order valence-electron chi connectivity index (χ2n) is 4.51. The first-order valence-corrected chi connectivity index (χ1v) is 8.13. The molecule has 3 aromatic rings. The van der Waals surface area contributed by atoms with Gasteiger partial charge < -0.3 is 0 Å². The van der Waals surface area contributed by atoms with E-state index in [0.717, 1.165) is 8.66 Å². The van der Waals surface area contributed by atoms with Crippen molar-refractivity contribution in [1.82, 2.24) is 15.6 Å². The average molecular weight is 393 g/mol. The standard InChI is InChI=1S/C15H10BrFN4OS/c16-14-6-5-11(23-14)8-18-21-15(22)13-7-12(19-20-13)9-1-3-10(17)4-2-9/h1-8H,(H,19,20)(H,21,22). The van der Waals surface area contributed by atoms with Gasteiger partial charge in [0.1, 0.15) is 11.5 Å². The summed E-state index contributed by atoms with van der Waals surface area (Å²) < 4.78 is 13.9. The maximum atomic E-state index is 12.9. The van der Waals surface area contributed by atoms with Gasteiger partial charge in [-0.05, 0) is 58.4 Å². The number of nitrogens with one attached hydrogen (secondary N) is 2. The molecule has 116 valence electrons. The van der Waals surface area contributed by atoms with Gasteiger partial charge in [0.2, 0.25) is 0 Å². The third kappa shape index (κ3) is 3.91. The van der Waals surface area contributed by atoms with Crippen LogP contribution in [0.3, 0.4) is 0 Å². The van der Waals surface area contributed by atoms with Crippen LogP contribution in [0.5, 0.6) is 0 Å². The molecular formula is C15H10BrFN4OS. The number of hydrazone groups is 1. The predicted octanol–water partition coefficient (Wildman–Crippen LogP) is 3.80. The van der Waals surface area contributed by atoms with E-state index in [2.05, 4.69) is 36.7 Å². The van der Waals surface area contributed by atoms with E-state index in [1.165, 1.54) is 23.5 Å². The zero-order valence-electron chi connectivity index (χ0n) is 11.6. The highest BCUT2D eigenvalue weighted by molar-refractivity contribution is 9.11. The summed E-state index contributed by atoms with van der Waals surface area (Å²) in [6, 6.07) is 11.2. The Morgan fingerprint density at radius 2 is 2.09 bits per heavy atom. The smallest absolute Gasteiger partial charge is 0.272 e. The predicted molar refractivity (Wildman–Crippen MR) is 91.1 cm³/mol. The summed E-state index contributed by atoms with van der Waals surface area (Å²) >= 11 is 4.85. The Bertz CT molecular complexity index is 857. The van der Waals surface area contributed by atoms with E-state index < -0.39 is 5.91 Å². The summed E-state index contributed by atoms with van der Waals surface area (Å²) in [7, 11) is 0. The van der Waals surface area contributed by atoms with Crippen LogP contribution in [-0.2, 0) is 0 Å². The molecule has 2 aromatic heterocycles. The van der Waals surface area contributed by atoms with E-state index in [-0.39, 0.29) is 11.5 Å². The summed E-state index contributed by atoms with van der Waals surface area (Å²) in [5, 5.41) is 10.6. The lowest BCUT2D eigenvalue weighted by molar-refractivity contribution is 0.0950. The third-order valence-corrected chi connectivity index (χ3v) is 4.47. The van der Waals surface area contributed by atoms with Crippen LogP contribution in [0.1, 0.15) is 15.4 Å². The van der Waals surface area contributed by atoms with Crippen LogP contribution in [0, 0.1) is 5.82 Å². The second kappa shape index (κ2) is 6.84. The van der Waals surface area contributed by atoms with E-state index in [1.807, 2.05) is 12.1 Å². The topological polar surface area (TPSA) is 70.1 Å². The lowest BCUT2D eigenvalue weighted by Gasteiger charge is -1.95. The number of rotatable bonds is 4. The first-order chi connectivity index (χ1) is 11.1. The third-order valence-electron chi connectivity index (χ3n) is 2.91. The molecule has 0 bridgehead atoms. The molecule has 0 radical (unpaired) electrons. The Morgan fingerprint density at radius 1 is 1.30 bits per heavy atom. The molecule has 0 saturated carbocycles. The normalized spacial score (nSPS) is 11.0. The molecular weight excluding hydrogens is 383 g/mol. The number of aromatic nitrogens is 2. The van der Waals surface area contributed by atoms with Crippen molar-refractivity contribution in [2.45, 2.75) is 0 Å². The van der Waals surface area contributed by atoms with Gasteiger partial charge in [0.15, 0.2) is 0 Å². The van der Waals surface area contributed by atoms with Gasteiger partial charge in [-0.2, -0.15) is 10.2 Å². The number of carbonyl (C=O) groups is 1. The van der Waals surface area contributed by atoms with Gasteiger partial charge in [-0.25, -0.2) is 9.82 Å². The summed E-state index contributed by atoms with van der Waals surface area (Å²) in [5.74, 6) is -0.727. The largest absolute Gasteiger partial charge is 0.289 e. The van der Waals surface area contributed by atoms with Crippen molar-refractivity contribution < 1.29 is 9.18 Å². The lowest BCUT2D eigenvalue weighted by Crippen LogP contribution is -2.17. The molecule has 0 fully saturated rings. The molecule has 1 amide bonds. The lowest BCUT2D eigenvalue weighted by atomic mass is 10.1. The van der Waals surface area contributed by atoms with Gasteiger partial charge in [-0.1, -0.05) is 0 Å². The Hall–Kier alpha value is -2.32. The minimum absolute atomic E-state index is 0.272. The molecule has 1 aromatic carbocycles. The van der Waals surface area contributed by atoms with Gasteiger partial charge in [-0.15, -0.1) is 11.3 Å². The number of benzene rings is 1. The van der Waals surface area contributed by atoms with Crippen LogP contribution < -0.4 is 5.43 Å². The first-order valence-electron chi connectivity index (χ1n) is 6.52. The Kier molecular flexibility index (Phi) is 4.63. The molecule has 0 aliphatic heterocycles. The van der Waals surface area contributed by atoms with Crippen molar-refractivity contribution in [3.05, 3.63) is 62.6 Å². The van der Waals surface area contributed by atoms with Crippen molar-refractivity contribution in [1.29, 1.82) is 0 Å². The zero-order valence-corrected chi connectivity index (χ0v) is 14.0.